The van der Waals surface area contributed by atoms with Gasteiger partial charge in [-0.2, -0.15) is 0 Å². The van der Waals surface area contributed by atoms with E-state index in [-0.39, 0.29) is 17.4 Å². The van der Waals surface area contributed by atoms with Crippen LogP contribution in [0.3, 0.4) is 0 Å². The van der Waals surface area contributed by atoms with Crippen LogP contribution in [0.4, 0.5) is 0 Å². The molecule has 1 aromatic carbocycles. The Kier molecular flexibility index (Phi) is 6.89. The van der Waals surface area contributed by atoms with Crippen LogP contribution < -0.4 is 0 Å². The first-order valence-electron chi connectivity index (χ1n) is 10.2. The van der Waals surface area contributed by atoms with Crippen LogP contribution in [-0.2, 0) is 25.6 Å². The molecule has 0 N–H and O–H groups in total. The van der Waals surface area contributed by atoms with Crippen molar-refractivity contribution < 1.29 is 19.1 Å². The molecule has 1 aliphatic heterocycles. The van der Waals surface area contributed by atoms with Gasteiger partial charge in [0.15, 0.2) is 0 Å². The third-order valence-electron chi connectivity index (χ3n) is 6.27. The number of ether oxygens (including phenoxy) is 2. The van der Waals surface area contributed by atoms with Gasteiger partial charge in [-0.05, 0) is 43.6 Å². The number of rotatable bonds is 4. The first-order valence-corrected chi connectivity index (χ1v) is 10.2. The van der Waals surface area contributed by atoms with E-state index in [0.29, 0.717) is 5.92 Å². The van der Waals surface area contributed by atoms with Crippen molar-refractivity contribution in [1.29, 1.82) is 0 Å². The standard InChI is InChI=1S/C16H21NO2.C7H10O2/c1-19-15(18)16-9-5-8-14(16)11-17(12-16)10-13-6-3-2-4-7-13;1-9-7(8)6-4-2-3-5-6/h2-4,6-7,14H,5,8-12H2,1H3;4H,2-3,5H2,1H3. The quantitative estimate of drug-likeness (QED) is 0.739. The van der Waals surface area contributed by atoms with E-state index in [0.717, 1.165) is 50.9 Å². The molecule has 4 rings (SSSR count). The van der Waals surface area contributed by atoms with Crippen molar-refractivity contribution in [3.05, 3.63) is 47.5 Å². The lowest BCUT2D eigenvalue weighted by atomic mass is 9.81. The summed E-state index contributed by atoms with van der Waals surface area (Å²) in [5, 5.41) is 0. The molecule has 1 aromatic rings. The van der Waals surface area contributed by atoms with E-state index in [4.69, 9.17) is 4.74 Å². The van der Waals surface area contributed by atoms with Crippen LogP contribution in [0.1, 0.15) is 44.1 Å². The van der Waals surface area contributed by atoms with Crippen molar-refractivity contribution in [3.63, 3.8) is 0 Å². The van der Waals surface area contributed by atoms with Gasteiger partial charge in [-0.3, -0.25) is 9.69 Å². The van der Waals surface area contributed by atoms with Gasteiger partial charge in [0.25, 0.3) is 0 Å². The lowest BCUT2D eigenvalue weighted by molar-refractivity contribution is -0.153. The topological polar surface area (TPSA) is 55.8 Å². The minimum absolute atomic E-state index is 0.00515. The van der Waals surface area contributed by atoms with E-state index >= 15 is 0 Å². The second-order valence-corrected chi connectivity index (χ2v) is 8.01. The molecule has 2 atom stereocenters. The third kappa shape index (κ3) is 4.46. The molecule has 3 aliphatic rings. The number of hydrogen-bond donors (Lipinski definition) is 0. The number of likely N-dealkylation sites (tertiary alicyclic amines) is 1. The van der Waals surface area contributed by atoms with Crippen LogP contribution in [0, 0.1) is 11.3 Å². The molecule has 2 aliphatic carbocycles. The van der Waals surface area contributed by atoms with Crippen molar-refractivity contribution in [2.75, 3.05) is 27.3 Å². The summed E-state index contributed by atoms with van der Waals surface area (Å²) in [4.78, 5) is 25.3. The molecular weight excluding hydrogens is 354 g/mol. The second-order valence-electron chi connectivity index (χ2n) is 8.01. The first kappa shape index (κ1) is 20.6. The van der Waals surface area contributed by atoms with Crippen LogP contribution in [0.2, 0.25) is 0 Å². The first-order chi connectivity index (χ1) is 13.6. The summed E-state index contributed by atoms with van der Waals surface area (Å²) in [5.74, 6) is 0.335. The van der Waals surface area contributed by atoms with Crippen molar-refractivity contribution >= 4 is 11.9 Å². The maximum absolute atomic E-state index is 12.2. The summed E-state index contributed by atoms with van der Waals surface area (Å²) in [5.41, 5.74) is 1.95. The Bertz CT molecular complexity index is 715. The average Bonchev–Trinajstić information content (AvgIpc) is 3.44. The largest absolute Gasteiger partial charge is 0.469 e. The lowest BCUT2D eigenvalue weighted by Crippen LogP contribution is -2.36. The minimum Gasteiger partial charge on any atom is -0.469 e. The fraction of sp³-hybridized carbons (Fsp3) is 0.565. The molecule has 2 fully saturated rings. The highest BCUT2D eigenvalue weighted by molar-refractivity contribution is 5.88. The molecule has 0 amide bonds. The van der Waals surface area contributed by atoms with E-state index in [1.165, 1.54) is 32.6 Å². The molecule has 5 nitrogen and oxygen atoms in total. The van der Waals surface area contributed by atoms with Gasteiger partial charge in [-0.15, -0.1) is 0 Å². The van der Waals surface area contributed by atoms with Crippen LogP contribution in [-0.4, -0.2) is 44.1 Å². The Labute approximate surface area is 167 Å². The molecular formula is C23H31NO4. The number of allylic oxidation sites excluding steroid dienone is 1. The van der Waals surface area contributed by atoms with Gasteiger partial charge >= 0.3 is 11.9 Å². The normalized spacial score (nSPS) is 26.1. The highest BCUT2D eigenvalue weighted by Crippen LogP contribution is 2.49. The van der Waals surface area contributed by atoms with E-state index in [9.17, 15) is 9.59 Å². The molecule has 0 bridgehead atoms. The number of hydrogen-bond acceptors (Lipinski definition) is 5. The highest BCUT2D eigenvalue weighted by atomic mass is 16.5. The maximum atomic E-state index is 12.2. The Morgan fingerprint density at radius 1 is 1.14 bits per heavy atom. The smallest absolute Gasteiger partial charge is 0.333 e. The highest BCUT2D eigenvalue weighted by Gasteiger charge is 2.55. The molecule has 1 heterocycles. The molecule has 1 saturated heterocycles. The predicted octanol–water partition coefficient (Wildman–Crippen LogP) is 3.73. The fourth-order valence-corrected chi connectivity index (χ4v) is 4.88. The number of methoxy groups -OCH3 is 2. The molecule has 1 saturated carbocycles. The summed E-state index contributed by atoms with van der Waals surface area (Å²) in [6.07, 6.45) is 8.31. The lowest BCUT2D eigenvalue weighted by Gasteiger charge is -2.25. The molecule has 5 heteroatoms. The summed E-state index contributed by atoms with van der Waals surface area (Å²) in [7, 11) is 2.94. The van der Waals surface area contributed by atoms with Crippen LogP contribution >= 0.6 is 0 Å². The summed E-state index contributed by atoms with van der Waals surface area (Å²) >= 11 is 0. The fourth-order valence-electron chi connectivity index (χ4n) is 4.88. The zero-order valence-electron chi connectivity index (χ0n) is 17.0. The zero-order chi connectivity index (χ0) is 20.0. The molecule has 0 spiro atoms. The Morgan fingerprint density at radius 2 is 1.93 bits per heavy atom. The molecule has 0 aromatic heterocycles. The molecule has 28 heavy (non-hydrogen) atoms. The Morgan fingerprint density at radius 3 is 2.57 bits per heavy atom. The van der Waals surface area contributed by atoms with Crippen LogP contribution in [0.25, 0.3) is 0 Å². The number of benzene rings is 1. The molecule has 0 radical (unpaired) electrons. The van der Waals surface area contributed by atoms with E-state index < -0.39 is 0 Å². The number of carbonyl (C=O) groups is 2. The number of fused-ring (bicyclic) bond motifs is 1. The van der Waals surface area contributed by atoms with Crippen molar-refractivity contribution in [2.45, 2.75) is 45.1 Å². The van der Waals surface area contributed by atoms with Crippen molar-refractivity contribution in [1.82, 2.24) is 4.90 Å². The van der Waals surface area contributed by atoms with Crippen LogP contribution in [0.15, 0.2) is 42.0 Å². The average molecular weight is 386 g/mol. The summed E-state index contributed by atoms with van der Waals surface area (Å²) in [6.45, 7) is 2.83. The van der Waals surface area contributed by atoms with Gasteiger partial charge in [-0.1, -0.05) is 42.8 Å². The van der Waals surface area contributed by atoms with E-state index in [1.54, 1.807) is 0 Å². The number of esters is 2. The van der Waals surface area contributed by atoms with Gasteiger partial charge in [-0.25, -0.2) is 4.79 Å². The third-order valence-corrected chi connectivity index (χ3v) is 6.27. The zero-order valence-corrected chi connectivity index (χ0v) is 17.0. The summed E-state index contributed by atoms with van der Waals surface area (Å²) < 4.78 is 9.60. The molecule has 2 unspecified atom stereocenters. The Hall–Kier alpha value is -2.14. The van der Waals surface area contributed by atoms with Gasteiger partial charge in [0.1, 0.15) is 0 Å². The van der Waals surface area contributed by atoms with Crippen molar-refractivity contribution in [3.8, 4) is 0 Å². The molecule has 152 valence electrons. The van der Waals surface area contributed by atoms with Gasteiger partial charge in [0, 0.05) is 25.2 Å². The van der Waals surface area contributed by atoms with Gasteiger partial charge in [0.05, 0.1) is 19.6 Å². The minimum atomic E-state index is -0.219. The monoisotopic (exact) mass is 385 g/mol. The van der Waals surface area contributed by atoms with Crippen molar-refractivity contribution in [2.24, 2.45) is 11.3 Å². The van der Waals surface area contributed by atoms with Gasteiger partial charge in [0.2, 0.25) is 0 Å². The van der Waals surface area contributed by atoms with Crippen LogP contribution in [0.5, 0.6) is 0 Å². The predicted molar refractivity (Wildman–Crippen MR) is 107 cm³/mol. The summed E-state index contributed by atoms with van der Waals surface area (Å²) in [6, 6.07) is 10.5. The van der Waals surface area contributed by atoms with E-state index in [1.807, 2.05) is 12.1 Å². The maximum Gasteiger partial charge on any atom is 0.333 e. The van der Waals surface area contributed by atoms with Gasteiger partial charge < -0.3 is 9.47 Å². The van der Waals surface area contributed by atoms with E-state index in [2.05, 4.69) is 33.9 Å². The SMILES string of the molecule is COC(=O)C12CCCC1CN(Cc1ccccc1)C2.COC(=O)C1=CCCC1. The number of carbonyl (C=O) groups excluding carboxylic acids is 2. The number of nitrogens with zero attached hydrogens (tertiary/aromatic N) is 1. The second kappa shape index (κ2) is 9.37. The Balaban J connectivity index is 0.000000211.